The Morgan fingerprint density at radius 3 is 2.92 bits per heavy atom. The van der Waals surface area contributed by atoms with Crippen LogP contribution in [0.15, 0.2) is 30.7 Å². The van der Waals surface area contributed by atoms with Crippen LogP contribution in [0.1, 0.15) is 5.56 Å². The van der Waals surface area contributed by atoms with E-state index in [2.05, 4.69) is 10.1 Å². The van der Waals surface area contributed by atoms with Gasteiger partial charge in [0, 0.05) is 12.4 Å². The maximum atomic E-state index is 5.65. The first-order valence-corrected chi connectivity index (χ1v) is 3.99. The van der Waals surface area contributed by atoms with Gasteiger partial charge >= 0.3 is 0 Å². The van der Waals surface area contributed by atoms with Gasteiger partial charge in [-0.05, 0) is 24.6 Å². The van der Waals surface area contributed by atoms with E-state index < -0.39 is 0 Å². The van der Waals surface area contributed by atoms with Gasteiger partial charge in [-0.2, -0.15) is 5.10 Å². The summed E-state index contributed by atoms with van der Waals surface area (Å²) in [6.07, 6.45) is 5.21. The number of rotatable bonds is 1. The monoisotopic (exact) mass is 174 g/mol. The Kier molecular flexibility index (Phi) is 1.73. The van der Waals surface area contributed by atoms with E-state index in [-0.39, 0.29) is 0 Å². The van der Waals surface area contributed by atoms with Crippen molar-refractivity contribution in [2.45, 2.75) is 6.92 Å². The zero-order valence-corrected chi connectivity index (χ0v) is 7.31. The van der Waals surface area contributed by atoms with Crippen molar-refractivity contribution in [3.05, 3.63) is 36.3 Å². The van der Waals surface area contributed by atoms with Crippen LogP contribution >= 0.6 is 0 Å². The van der Waals surface area contributed by atoms with E-state index in [4.69, 9.17) is 5.73 Å². The Morgan fingerprint density at radius 2 is 2.31 bits per heavy atom. The van der Waals surface area contributed by atoms with E-state index in [9.17, 15) is 0 Å². The van der Waals surface area contributed by atoms with Crippen molar-refractivity contribution < 1.29 is 0 Å². The molecule has 0 saturated carbocycles. The number of pyridine rings is 1. The highest BCUT2D eigenvalue weighted by Gasteiger charge is 1.99. The average Bonchev–Trinajstić information content (AvgIpc) is 2.62. The molecule has 13 heavy (non-hydrogen) atoms. The third-order valence-electron chi connectivity index (χ3n) is 1.88. The van der Waals surface area contributed by atoms with Gasteiger partial charge in [0.1, 0.15) is 0 Å². The highest BCUT2D eigenvalue weighted by atomic mass is 15.3. The summed E-state index contributed by atoms with van der Waals surface area (Å²) < 4.78 is 1.70. The van der Waals surface area contributed by atoms with E-state index >= 15 is 0 Å². The van der Waals surface area contributed by atoms with E-state index in [0.29, 0.717) is 5.69 Å². The molecule has 0 saturated heterocycles. The fraction of sp³-hybridized carbons (Fsp3) is 0.111. The Hall–Kier alpha value is -1.84. The highest BCUT2D eigenvalue weighted by molar-refractivity contribution is 5.46. The van der Waals surface area contributed by atoms with Crippen molar-refractivity contribution in [2.75, 3.05) is 5.73 Å². The molecule has 4 heteroatoms. The first-order valence-electron chi connectivity index (χ1n) is 3.99. The van der Waals surface area contributed by atoms with Crippen LogP contribution < -0.4 is 5.73 Å². The Morgan fingerprint density at radius 1 is 1.46 bits per heavy atom. The molecule has 2 rings (SSSR count). The van der Waals surface area contributed by atoms with Crippen LogP contribution in [0.4, 0.5) is 5.69 Å². The van der Waals surface area contributed by atoms with Gasteiger partial charge in [-0.3, -0.25) is 0 Å². The largest absolute Gasteiger partial charge is 0.397 e. The fourth-order valence-electron chi connectivity index (χ4n) is 1.08. The minimum absolute atomic E-state index is 0.705. The molecule has 2 N–H and O–H groups in total. The number of nitrogen functional groups attached to an aromatic ring is 1. The minimum atomic E-state index is 0.705. The van der Waals surface area contributed by atoms with Gasteiger partial charge in [0.2, 0.25) is 0 Å². The maximum absolute atomic E-state index is 5.65. The SMILES string of the molecule is Cc1cc(-n2cccn2)ncc1N. The lowest BCUT2D eigenvalue weighted by molar-refractivity contribution is 0.846. The molecular weight excluding hydrogens is 164 g/mol. The van der Waals surface area contributed by atoms with Crippen LogP contribution in [-0.4, -0.2) is 14.8 Å². The molecule has 0 atom stereocenters. The summed E-state index contributed by atoms with van der Waals surface area (Å²) in [5.41, 5.74) is 7.37. The lowest BCUT2D eigenvalue weighted by Crippen LogP contribution is -2.00. The maximum Gasteiger partial charge on any atom is 0.153 e. The molecule has 0 fully saturated rings. The molecule has 66 valence electrons. The molecule has 2 aromatic heterocycles. The number of hydrogen-bond donors (Lipinski definition) is 1. The predicted octanol–water partition coefficient (Wildman–Crippen LogP) is 1.16. The number of aryl methyl sites for hydroxylation is 1. The summed E-state index contributed by atoms with van der Waals surface area (Å²) in [5.74, 6) is 0.789. The van der Waals surface area contributed by atoms with Crippen molar-refractivity contribution in [3.8, 4) is 5.82 Å². The molecule has 4 nitrogen and oxygen atoms in total. The minimum Gasteiger partial charge on any atom is -0.397 e. The molecular formula is C9H10N4. The van der Waals surface area contributed by atoms with Crippen LogP contribution in [0.2, 0.25) is 0 Å². The Balaban J connectivity index is 2.49. The Labute approximate surface area is 76.0 Å². The number of nitrogens with two attached hydrogens (primary N) is 1. The van der Waals surface area contributed by atoms with E-state index in [1.165, 1.54) is 0 Å². The first kappa shape index (κ1) is 7.79. The summed E-state index contributed by atoms with van der Waals surface area (Å²) >= 11 is 0. The van der Waals surface area contributed by atoms with Gasteiger partial charge in [0.15, 0.2) is 5.82 Å². The van der Waals surface area contributed by atoms with E-state index in [1.807, 2.05) is 25.3 Å². The molecule has 2 aromatic rings. The molecule has 0 radical (unpaired) electrons. The fourth-order valence-corrected chi connectivity index (χ4v) is 1.08. The molecule has 0 unspecified atom stereocenters. The molecule has 0 amide bonds. The van der Waals surface area contributed by atoms with Crippen molar-refractivity contribution >= 4 is 5.69 Å². The number of nitrogens with zero attached hydrogens (tertiary/aromatic N) is 3. The topological polar surface area (TPSA) is 56.7 Å². The zero-order valence-electron chi connectivity index (χ0n) is 7.31. The second-order valence-electron chi connectivity index (χ2n) is 2.85. The van der Waals surface area contributed by atoms with Gasteiger partial charge in [0.25, 0.3) is 0 Å². The standard InChI is InChI=1S/C9H10N4/c1-7-5-9(11-6-8(7)10)13-4-2-3-12-13/h2-6H,10H2,1H3. The lowest BCUT2D eigenvalue weighted by Gasteiger charge is -2.03. The van der Waals surface area contributed by atoms with Gasteiger partial charge in [-0.15, -0.1) is 0 Å². The second-order valence-corrected chi connectivity index (χ2v) is 2.85. The molecule has 0 aliphatic carbocycles. The summed E-state index contributed by atoms with van der Waals surface area (Å²) in [5, 5.41) is 4.07. The first-order chi connectivity index (χ1) is 6.27. The van der Waals surface area contributed by atoms with Crippen LogP contribution in [-0.2, 0) is 0 Å². The Bertz CT molecular complexity index is 406. The van der Waals surface area contributed by atoms with Crippen molar-refractivity contribution in [2.24, 2.45) is 0 Å². The molecule has 0 aliphatic rings. The van der Waals surface area contributed by atoms with Crippen LogP contribution in [0.25, 0.3) is 5.82 Å². The van der Waals surface area contributed by atoms with Crippen molar-refractivity contribution in [1.82, 2.24) is 14.8 Å². The second kappa shape index (κ2) is 2.90. The molecule has 0 aromatic carbocycles. The number of anilines is 1. The van der Waals surface area contributed by atoms with Crippen molar-refractivity contribution in [1.29, 1.82) is 0 Å². The van der Waals surface area contributed by atoms with Gasteiger partial charge in [-0.1, -0.05) is 0 Å². The lowest BCUT2D eigenvalue weighted by atomic mass is 10.2. The van der Waals surface area contributed by atoms with Gasteiger partial charge in [-0.25, -0.2) is 9.67 Å². The van der Waals surface area contributed by atoms with Crippen molar-refractivity contribution in [3.63, 3.8) is 0 Å². The molecule has 0 bridgehead atoms. The number of aromatic nitrogens is 3. The third kappa shape index (κ3) is 1.38. The van der Waals surface area contributed by atoms with E-state index in [1.54, 1.807) is 17.1 Å². The van der Waals surface area contributed by atoms with Gasteiger partial charge < -0.3 is 5.73 Å². The summed E-state index contributed by atoms with van der Waals surface area (Å²) in [6.45, 7) is 1.95. The van der Waals surface area contributed by atoms with Crippen LogP contribution in [0.5, 0.6) is 0 Å². The highest BCUT2D eigenvalue weighted by Crippen LogP contribution is 2.11. The van der Waals surface area contributed by atoms with Crippen LogP contribution in [0, 0.1) is 6.92 Å². The average molecular weight is 174 g/mol. The van der Waals surface area contributed by atoms with E-state index in [0.717, 1.165) is 11.4 Å². The summed E-state index contributed by atoms with van der Waals surface area (Å²) in [6, 6.07) is 3.76. The summed E-state index contributed by atoms with van der Waals surface area (Å²) in [4.78, 5) is 4.16. The molecule has 0 spiro atoms. The summed E-state index contributed by atoms with van der Waals surface area (Å²) in [7, 11) is 0. The number of hydrogen-bond acceptors (Lipinski definition) is 3. The van der Waals surface area contributed by atoms with Crippen LogP contribution in [0.3, 0.4) is 0 Å². The quantitative estimate of drug-likeness (QED) is 0.705. The normalized spacial score (nSPS) is 10.2. The predicted molar refractivity (Wildman–Crippen MR) is 50.5 cm³/mol. The molecule has 2 heterocycles. The van der Waals surface area contributed by atoms with Gasteiger partial charge in [0.05, 0.1) is 11.9 Å². The zero-order chi connectivity index (χ0) is 9.26. The smallest absolute Gasteiger partial charge is 0.153 e. The third-order valence-corrected chi connectivity index (χ3v) is 1.88. The molecule has 0 aliphatic heterocycles.